The summed E-state index contributed by atoms with van der Waals surface area (Å²) in [6.45, 7) is 5.73. The minimum absolute atomic E-state index is 0.344. The van der Waals surface area contributed by atoms with Crippen LogP contribution in [0.3, 0.4) is 0 Å². The number of ether oxygens (including phenoxy) is 5. The van der Waals surface area contributed by atoms with Crippen LogP contribution in [0.25, 0.3) is 0 Å². The van der Waals surface area contributed by atoms with E-state index in [-0.39, 0.29) is 12.2 Å². The molecule has 1 aromatic rings. The highest BCUT2D eigenvalue weighted by atomic mass is 16.7. The highest BCUT2D eigenvalue weighted by Gasteiger charge is 2.50. The topological polar surface area (TPSA) is 66.4 Å². The monoisotopic (exact) mass is 380 g/mol. The molecule has 0 aliphatic carbocycles. The second-order valence-corrected chi connectivity index (χ2v) is 7.12. The van der Waals surface area contributed by atoms with Crippen molar-refractivity contribution in [1.82, 2.24) is 0 Å². The van der Waals surface area contributed by atoms with Crippen molar-refractivity contribution in [3.8, 4) is 0 Å². The predicted octanol–water partition coefficient (Wildman–Crippen LogP) is 3.19. The number of fused-ring (bicyclic) bond motifs is 1. The maximum Gasteiger partial charge on any atom is 0.184 e. The fraction of sp³-hybridized carbons (Fsp3) is 0.714. The zero-order valence-electron chi connectivity index (χ0n) is 16.3. The van der Waals surface area contributed by atoms with E-state index in [1.54, 1.807) is 0 Å². The zero-order chi connectivity index (χ0) is 19.1. The Morgan fingerprint density at radius 2 is 1.63 bits per heavy atom. The van der Waals surface area contributed by atoms with E-state index in [4.69, 9.17) is 23.7 Å². The molecule has 2 heterocycles. The van der Waals surface area contributed by atoms with Gasteiger partial charge in [-0.05, 0) is 12.8 Å². The molecule has 3 rings (SSSR count). The van der Waals surface area contributed by atoms with Crippen LogP contribution in [0.5, 0.6) is 0 Å². The Morgan fingerprint density at radius 3 is 2.30 bits per heavy atom. The highest BCUT2D eigenvalue weighted by Crippen LogP contribution is 2.35. The molecule has 0 saturated carbocycles. The van der Waals surface area contributed by atoms with Crippen LogP contribution in [0.15, 0.2) is 30.3 Å². The Bertz CT molecular complexity index is 539. The fourth-order valence-corrected chi connectivity index (χ4v) is 3.44. The summed E-state index contributed by atoms with van der Waals surface area (Å²) in [5, 5.41) is 10.5. The van der Waals surface area contributed by atoms with Gasteiger partial charge in [0.1, 0.15) is 24.4 Å². The molecule has 0 amide bonds. The van der Waals surface area contributed by atoms with E-state index < -0.39 is 24.8 Å². The lowest BCUT2D eigenvalue weighted by molar-refractivity contribution is -0.364. The van der Waals surface area contributed by atoms with Crippen molar-refractivity contribution in [3.05, 3.63) is 35.9 Å². The number of unbranched alkanes of at least 4 members (excludes halogenated alkanes) is 2. The molecule has 0 spiro atoms. The average molecular weight is 380 g/mol. The number of aliphatic hydroxyl groups is 1. The molecular formula is C21H32O6. The Balaban J connectivity index is 1.73. The van der Waals surface area contributed by atoms with Gasteiger partial charge in [0.25, 0.3) is 0 Å². The van der Waals surface area contributed by atoms with E-state index >= 15 is 0 Å². The quantitative estimate of drug-likeness (QED) is 0.664. The van der Waals surface area contributed by atoms with Crippen LogP contribution in [0, 0.1) is 0 Å². The second-order valence-electron chi connectivity index (χ2n) is 7.12. The third kappa shape index (κ3) is 5.28. The number of hydrogen-bond acceptors (Lipinski definition) is 6. The van der Waals surface area contributed by atoms with Gasteiger partial charge < -0.3 is 28.8 Å². The minimum Gasteiger partial charge on any atom is -0.372 e. The SMILES string of the molecule is CCCCOC1[C@H]2OC(c3ccccc3)OCC2O[C@@H](O)[C@H]1OCCCC. The third-order valence-corrected chi connectivity index (χ3v) is 4.99. The summed E-state index contributed by atoms with van der Waals surface area (Å²) in [6, 6.07) is 9.84. The van der Waals surface area contributed by atoms with Crippen LogP contribution in [0.2, 0.25) is 0 Å². The van der Waals surface area contributed by atoms with E-state index in [0.29, 0.717) is 19.8 Å². The van der Waals surface area contributed by atoms with Crippen molar-refractivity contribution in [2.75, 3.05) is 19.8 Å². The maximum atomic E-state index is 10.5. The van der Waals surface area contributed by atoms with Gasteiger partial charge in [0, 0.05) is 18.8 Å². The van der Waals surface area contributed by atoms with Crippen molar-refractivity contribution in [3.63, 3.8) is 0 Å². The van der Waals surface area contributed by atoms with E-state index in [0.717, 1.165) is 31.2 Å². The summed E-state index contributed by atoms with van der Waals surface area (Å²) in [5.74, 6) is 0. The molecule has 3 unspecified atom stereocenters. The van der Waals surface area contributed by atoms with Gasteiger partial charge in [0.15, 0.2) is 12.6 Å². The van der Waals surface area contributed by atoms with Crippen molar-refractivity contribution >= 4 is 0 Å². The van der Waals surface area contributed by atoms with Crippen molar-refractivity contribution in [2.24, 2.45) is 0 Å². The van der Waals surface area contributed by atoms with Gasteiger partial charge in [-0.2, -0.15) is 0 Å². The Hall–Kier alpha value is -1.02. The molecule has 2 fully saturated rings. The fourth-order valence-electron chi connectivity index (χ4n) is 3.44. The number of rotatable bonds is 9. The lowest BCUT2D eigenvalue weighted by atomic mass is 9.97. The molecule has 1 N–H and O–H groups in total. The molecule has 6 nitrogen and oxygen atoms in total. The smallest absolute Gasteiger partial charge is 0.184 e. The van der Waals surface area contributed by atoms with Crippen LogP contribution in [0.1, 0.15) is 51.4 Å². The molecular weight excluding hydrogens is 348 g/mol. The largest absolute Gasteiger partial charge is 0.372 e. The molecule has 2 aliphatic rings. The number of hydrogen-bond donors (Lipinski definition) is 1. The normalized spacial score (nSPS) is 33.6. The molecule has 0 bridgehead atoms. The molecule has 27 heavy (non-hydrogen) atoms. The Kier molecular flexibility index (Phi) is 8.06. The Labute approximate surface area is 161 Å². The first-order valence-electron chi connectivity index (χ1n) is 10.1. The first-order chi connectivity index (χ1) is 13.2. The molecule has 0 radical (unpaired) electrons. The van der Waals surface area contributed by atoms with Crippen LogP contribution < -0.4 is 0 Å². The molecule has 1 aromatic carbocycles. The number of aliphatic hydroxyl groups excluding tert-OH is 1. The van der Waals surface area contributed by atoms with Gasteiger partial charge in [0.05, 0.1) is 6.61 Å². The molecule has 152 valence electrons. The van der Waals surface area contributed by atoms with Crippen LogP contribution >= 0.6 is 0 Å². The van der Waals surface area contributed by atoms with E-state index in [1.807, 2.05) is 30.3 Å². The molecule has 2 saturated heterocycles. The van der Waals surface area contributed by atoms with Gasteiger partial charge in [-0.25, -0.2) is 0 Å². The summed E-state index contributed by atoms with van der Waals surface area (Å²) in [6.07, 6.45) is 0.737. The summed E-state index contributed by atoms with van der Waals surface area (Å²) in [4.78, 5) is 0. The van der Waals surface area contributed by atoms with Gasteiger partial charge in [-0.1, -0.05) is 57.0 Å². The van der Waals surface area contributed by atoms with Gasteiger partial charge in [-0.15, -0.1) is 0 Å². The first kappa shape index (κ1) is 20.7. The third-order valence-electron chi connectivity index (χ3n) is 4.99. The second kappa shape index (κ2) is 10.5. The lowest BCUT2D eigenvalue weighted by Gasteiger charge is -2.47. The van der Waals surface area contributed by atoms with E-state index in [9.17, 15) is 5.11 Å². The molecule has 0 aromatic heterocycles. The molecule has 2 aliphatic heterocycles. The summed E-state index contributed by atoms with van der Waals surface area (Å²) < 4.78 is 29.9. The predicted molar refractivity (Wildman–Crippen MR) is 100 cm³/mol. The molecule has 6 atom stereocenters. The minimum atomic E-state index is -1.05. The van der Waals surface area contributed by atoms with Gasteiger partial charge in [-0.3, -0.25) is 0 Å². The summed E-state index contributed by atoms with van der Waals surface area (Å²) in [5.41, 5.74) is 0.956. The van der Waals surface area contributed by atoms with Crippen molar-refractivity contribution in [2.45, 2.75) is 76.5 Å². The van der Waals surface area contributed by atoms with Gasteiger partial charge >= 0.3 is 0 Å². The van der Waals surface area contributed by atoms with Crippen LogP contribution in [-0.2, 0) is 23.7 Å². The van der Waals surface area contributed by atoms with Crippen LogP contribution in [-0.4, -0.2) is 55.6 Å². The van der Waals surface area contributed by atoms with Crippen molar-refractivity contribution < 1.29 is 28.8 Å². The average Bonchev–Trinajstić information content (AvgIpc) is 2.70. The maximum absolute atomic E-state index is 10.5. The summed E-state index contributed by atoms with van der Waals surface area (Å²) in [7, 11) is 0. The van der Waals surface area contributed by atoms with Gasteiger partial charge in [0.2, 0.25) is 0 Å². The molecule has 6 heteroatoms. The standard InChI is InChI=1S/C21H32O6/c1-3-5-12-23-18-17-16(26-20(22)19(18)24-13-6-4-2)14-25-21(27-17)15-10-8-7-9-11-15/h7-11,16-22H,3-6,12-14H2,1-2H3/t16?,17-,18?,19-,20+,21?/m0/s1. The van der Waals surface area contributed by atoms with E-state index in [1.165, 1.54) is 0 Å². The highest BCUT2D eigenvalue weighted by molar-refractivity contribution is 5.16. The first-order valence-corrected chi connectivity index (χ1v) is 10.1. The zero-order valence-corrected chi connectivity index (χ0v) is 16.3. The number of benzene rings is 1. The summed E-state index contributed by atoms with van der Waals surface area (Å²) >= 11 is 0. The van der Waals surface area contributed by atoms with Crippen LogP contribution in [0.4, 0.5) is 0 Å². The van der Waals surface area contributed by atoms with Crippen molar-refractivity contribution in [1.29, 1.82) is 0 Å². The van der Waals surface area contributed by atoms with E-state index in [2.05, 4.69) is 13.8 Å². The Morgan fingerprint density at radius 1 is 0.963 bits per heavy atom. The lowest BCUT2D eigenvalue weighted by Crippen LogP contribution is -2.63.